The Morgan fingerprint density at radius 1 is 1.26 bits per heavy atom. The molecule has 0 aromatic carbocycles. The molecule has 3 heteroatoms. The molecule has 0 atom stereocenters. The zero-order valence-electron chi connectivity index (χ0n) is 12.4. The topological polar surface area (TPSA) is 29.9 Å². The van der Waals surface area contributed by atoms with Gasteiger partial charge in [-0.1, -0.05) is 26.7 Å². The van der Waals surface area contributed by atoms with Gasteiger partial charge in [0.15, 0.2) is 0 Å². The van der Waals surface area contributed by atoms with E-state index in [9.17, 15) is 0 Å². The van der Waals surface area contributed by atoms with Crippen LogP contribution in [-0.4, -0.2) is 16.1 Å². The summed E-state index contributed by atoms with van der Waals surface area (Å²) >= 11 is 0. The second-order valence-electron chi connectivity index (χ2n) is 6.11. The number of aromatic nitrogens is 2. The fourth-order valence-corrected chi connectivity index (χ4v) is 3.89. The van der Waals surface area contributed by atoms with Crippen LogP contribution in [0.5, 0.6) is 0 Å². The van der Waals surface area contributed by atoms with Crippen LogP contribution in [0, 0.1) is 0 Å². The summed E-state index contributed by atoms with van der Waals surface area (Å²) in [5.41, 5.74) is 2.87. The Labute approximate surface area is 116 Å². The van der Waals surface area contributed by atoms with Crippen LogP contribution in [0.3, 0.4) is 0 Å². The maximum absolute atomic E-state index is 5.05. The average Bonchev–Trinajstić information content (AvgIpc) is 3.07. The molecular weight excluding hydrogens is 234 g/mol. The minimum atomic E-state index is 0.657. The molecule has 1 fully saturated rings. The van der Waals surface area contributed by atoms with E-state index < -0.39 is 0 Å². The zero-order chi connectivity index (χ0) is 13.2. The molecule has 3 rings (SSSR count). The maximum atomic E-state index is 5.05. The predicted octanol–water partition coefficient (Wildman–Crippen LogP) is 3.55. The highest BCUT2D eigenvalue weighted by Gasteiger charge is 2.29. The van der Waals surface area contributed by atoms with Crippen molar-refractivity contribution in [3.05, 3.63) is 17.2 Å². The van der Waals surface area contributed by atoms with Crippen LogP contribution < -0.4 is 5.32 Å². The number of fused-ring (bicyclic) bond motifs is 1. The summed E-state index contributed by atoms with van der Waals surface area (Å²) in [4.78, 5) is 5.05. The van der Waals surface area contributed by atoms with Crippen molar-refractivity contribution < 1.29 is 0 Å². The predicted molar refractivity (Wildman–Crippen MR) is 78.5 cm³/mol. The van der Waals surface area contributed by atoms with Crippen molar-refractivity contribution in [2.24, 2.45) is 0 Å². The van der Waals surface area contributed by atoms with Crippen LogP contribution in [0.2, 0.25) is 0 Å². The molecule has 1 aromatic heterocycles. The molecule has 0 spiro atoms. The summed E-state index contributed by atoms with van der Waals surface area (Å²) < 4.78 is 2.64. The van der Waals surface area contributed by atoms with Crippen molar-refractivity contribution in [3.63, 3.8) is 0 Å². The highest BCUT2D eigenvalue weighted by atomic mass is 15.1. The molecule has 1 aromatic rings. The lowest BCUT2D eigenvalue weighted by Crippen LogP contribution is -2.26. The molecule has 3 nitrogen and oxygen atoms in total. The van der Waals surface area contributed by atoms with Crippen LogP contribution in [0.15, 0.2) is 0 Å². The number of hydrogen-bond donors (Lipinski definition) is 1. The monoisotopic (exact) mass is 261 g/mol. The zero-order valence-corrected chi connectivity index (χ0v) is 12.4. The first-order valence-electron chi connectivity index (χ1n) is 8.15. The minimum Gasteiger partial charge on any atom is -0.328 e. The van der Waals surface area contributed by atoms with Gasteiger partial charge in [0, 0.05) is 37.2 Å². The van der Waals surface area contributed by atoms with Crippen molar-refractivity contribution in [2.45, 2.75) is 77.3 Å². The SMILES string of the molecule is CCC(CC)n1c(C2CCCC2)nc2c1CCNC2. The van der Waals surface area contributed by atoms with E-state index in [2.05, 4.69) is 23.7 Å². The summed E-state index contributed by atoms with van der Waals surface area (Å²) in [7, 11) is 0. The molecule has 1 aliphatic heterocycles. The quantitative estimate of drug-likeness (QED) is 0.898. The summed E-state index contributed by atoms with van der Waals surface area (Å²) in [6.07, 6.45) is 9.10. The summed E-state index contributed by atoms with van der Waals surface area (Å²) in [6, 6.07) is 0.657. The van der Waals surface area contributed by atoms with Crippen LogP contribution in [0.1, 0.15) is 81.5 Å². The van der Waals surface area contributed by atoms with E-state index in [1.54, 1.807) is 0 Å². The Morgan fingerprint density at radius 3 is 2.68 bits per heavy atom. The summed E-state index contributed by atoms with van der Waals surface area (Å²) in [6.45, 7) is 6.73. The van der Waals surface area contributed by atoms with E-state index in [4.69, 9.17) is 4.98 Å². The Bertz CT molecular complexity index is 425. The van der Waals surface area contributed by atoms with Gasteiger partial charge in [-0.15, -0.1) is 0 Å². The van der Waals surface area contributed by atoms with Gasteiger partial charge in [0.05, 0.1) is 5.69 Å². The summed E-state index contributed by atoms with van der Waals surface area (Å²) in [5.74, 6) is 2.14. The highest BCUT2D eigenvalue weighted by Crippen LogP contribution is 2.37. The Morgan fingerprint density at radius 2 is 2.00 bits per heavy atom. The van der Waals surface area contributed by atoms with E-state index in [0.29, 0.717) is 6.04 Å². The third-order valence-corrected chi connectivity index (χ3v) is 4.98. The van der Waals surface area contributed by atoms with Gasteiger partial charge in [0.1, 0.15) is 5.82 Å². The number of hydrogen-bond acceptors (Lipinski definition) is 2. The van der Waals surface area contributed by atoms with Gasteiger partial charge in [-0.3, -0.25) is 0 Å². The lowest BCUT2D eigenvalue weighted by molar-refractivity contribution is 0.423. The first-order chi connectivity index (χ1) is 9.35. The van der Waals surface area contributed by atoms with Gasteiger partial charge in [-0.25, -0.2) is 4.98 Å². The number of nitrogens with zero attached hydrogens (tertiary/aromatic N) is 2. The van der Waals surface area contributed by atoms with Gasteiger partial charge >= 0.3 is 0 Å². The molecule has 19 heavy (non-hydrogen) atoms. The Kier molecular flexibility index (Phi) is 3.92. The fourth-order valence-electron chi connectivity index (χ4n) is 3.89. The molecule has 0 saturated heterocycles. The van der Waals surface area contributed by atoms with Crippen LogP contribution in [0.25, 0.3) is 0 Å². The van der Waals surface area contributed by atoms with Crippen LogP contribution >= 0.6 is 0 Å². The molecular formula is C16H27N3. The van der Waals surface area contributed by atoms with Crippen LogP contribution in [-0.2, 0) is 13.0 Å². The Balaban J connectivity index is 2.03. The minimum absolute atomic E-state index is 0.657. The fraction of sp³-hybridized carbons (Fsp3) is 0.812. The average molecular weight is 261 g/mol. The molecule has 0 unspecified atom stereocenters. The number of nitrogens with one attached hydrogen (secondary N) is 1. The van der Waals surface area contributed by atoms with Crippen LogP contribution in [0.4, 0.5) is 0 Å². The van der Waals surface area contributed by atoms with Crippen molar-refractivity contribution in [1.29, 1.82) is 0 Å². The van der Waals surface area contributed by atoms with Gasteiger partial charge in [0.25, 0.3) is 0 Å². The first-order valence-corrected chi connectivity index (χ1v) is 8.15. The molecule has 106 valence electrons. The summed E-state index contributed by atoms with van der Waals surface area (Å²) in [5, 5.41) is 3.47. The van der Waals surface area contributed by atoms with Crippen molar-refractivity contribution in [1.82, 2.24) is 14.9 Å². The lowest BCUT2D eigenvalue weighted by Gasteiger charge is -2.24. The van der Waals surface area contributed by atoms with E-state index in [1.807, 2.05) is 0 Å². The number of imidazole rings is 1. The van der Waals surface area contributed by atoms with E-state index in [1.165, 1.54) is 55.7 Å². The molecule has 2 aliphatic rings. The van der Waals surface area contributed by atoms with Gasteiger partial charge in [0.2, 0.25) is 0 Å². The van der Waals surface area contributed by atoms with E-state index in [0.717, 1.165) is 25.4 Å². The van der Waals surface area contributed by atoms with E-state index >= 15 is 0 Å². The normalized spacial score (nSPS) is 20.2. The maximum Gasteiger partial charge on any atom is 0.112 e. The second-order valence-corrected chi connectivity index (χ2v) is 6.11. The third-order valence-electron chi connectivity index (χ3n) is 4.98. The molecule has 2 heterocycles. The highest BCUT2D eigenvalue weighted by molar-refractivity contribution is 5.23. The van der Waals surface area contributed by atoms with Crippen molar-refractivity contribution in [2.75, 3.05) is 6.54 Å². The first kappa shape index (κ1) is 13.2. The standard InChI is InChI=1S/C16H27N3/c1-3-13(4-2)19-15-9-10-17-11-14(15)18-16(19)12-7-5-6-8-12/h12-13,17H,3-11H2,1-2H3. The molecule has 0 radical (unpaired) electrons. The largest absolute Gasteiger partial charge is 0.328 e. The van der Waals surface area contributed by atoms with Crippen molar-refractivity contribution >= 4 is 0 Å². The molecule has 0 amide bonds. The lowest BCUT2D eigenvalue weighted by atomic mass is 10.1. The molecule has 0 bridgehead atoms. The van der Waals surface area contributed by atoms with Crippen molar-refractivity contribution in [3.8, 4) is 0 Å². The number of rotatable bonds is 4. The van der Waals surface area contributed by atoms with E-state index in [-0.39, 0.29) is 0 Å². The van der Waals surface area contributed by atoms with Gasteiger partial charge in [-0.2, -0.15) is 0 Å². The molecule has 1 N–H and O–H groups in total. The second kappa shape index (κ2) is 5.66. The molecule has 1 aliphatic carbocycles. The smallest absolute Gasteiger partial charge is 0.112 e. The molecule has 1 saturated carbocycles. The van der Waals surface area contributed by atoms with Gasteiger partial charge in [-0.05, 0) is 25.7 Å². The Hall–Kier alpha value is -0.830. The van der Waals surface area contributed by atoms with Gasteiger partial charge < -0.3 is 9.88 Å². The third kappa shape index (κ3) is 2.33.